The van der Waals surface area contributed by atoms with Gasteiger partial charge in [-0.25, -0.2) is 14.4 Å². The molecule has 168 valence electrons. The van der Waals surface area contributed by atoms with E-state index in [0.717, 1.165) is 0 Å². The summed E-state index contributed by atoms with van der Waals surface area (Å²) in [6, 6.07) is 0. The van der Waals surface area contributed by atoms with E-state index in [1.807, 2.05) is 0 Å². The SMILES string of the molecule is O=C(CCS)COn1c(=O)n(OCC(=O)CCS)c(=O)n(OCC(=O)CCS)c1=O. The van der Waals surface area contributed by atoms with E-state index in [2.05, 4.69) is 37.9 Å². The molecule has 0 amide bonds. The number of thiol groups is 3. The Kier molecular flexibility index (Phi) is 11.4. The molecule has 1 heterocycles. The summed E-state index contributed by atoms with van der Waals surface area (Å²) < 4.78 is 0.179. The lowest BCUT2D eigenvalue weighted by Gasteiger charge is -2.14. The molecule has 0 aromatic carbocycles. The summed E-state index contributed by atoms with van der Waals surface area (Å²) in [5.74, 6) is -0.782. The predicted molar refractivity (Wildman–Crippen MR) is 114 cm³/mol. The Hall–Kier alpha value is -2.13. The van der Waals surface area contributed by atoms with Gasteiger partial charge in [0.2, 0.25) is 0 Å². The van der Waals surface area contributed by atoms with Crippen molar-refractivity contribution in [3.8, 4) is 0 Å². The normalized spacial score (nSPS) is 10.5. The van der Waals surface area contributed by atoms with Crippen molar-refractivity contribution in [3.05, 3.63) is 31.5 Å². The Labute approximate surface area is 186 Å². The monoisotopic (exact) mass is 483 g/mol. The Morgan fingerprint density at radius 3 is 1.00 bits per heavy atom. The molecule has 1 aromatic rings. The highest BCUT2D eigenvalue weighted by molar-refractivity contribution is 7.80. The van der Waals surface area contributed by atoms with Crippen molar-refractivity contribution in [1.82, 2.24) is 14.2 Å². The molecule has 15 heteroatoms. The topological polar surface area (TPSA) is 145 Å². The second-order valence-corrected chi connectivity index (χ2v) is 6.93. The van der Waals surface area contributed by atoms with E-state index in [0.29, 0.717) is 0 Å². The third kappa shape index (κ3) is 7.60. The smallest absolute Gasteiger partial charge is 0.397 e. The summed E-state index contributed by atoms with van der Waals surface area (Å²) in [6.45, 7) is -2.03. The van der Waals surface area contributed by atoms with E-state index < -0.39 is 54.2 Å². The summed E-state index contributed by atoms with van der Waals surface area (Å²) in [4.78, 5) is 86.8. The first-order valence-electron chi connectivity index (χ1n) is 8.55. The molecule has 1 rings (SSSR count). The molecule has 0 aliphatic carbocycles. The zero-order valence-corrected chi connectivity index (χ0v) is 18.4. The first-order chi connectivity index (χ1) is 14.3. The maximum Gasteiger partial charge on any atom is 0.403 e. The number of ketones is 3. The minimum absolute atomic E-state index is 0.00908. The standard InChI is InChI=1S/C15H21N3O9S3/c19-10(1-4-28)7-25-16-13(22)17(26-8-11(20)2-5-29)15(24)18(14(16)23)27-9-12(21)3-6-30/h28-30H,1-9H2. The van der Waals surface area contributed by atoms with Gasteiger partial charge in [-0.2, -0.15) is 37.9 Å². The molecule has 0 saturated carbocycles. The number of hydrogen-bond donors (Lipinski definition) is 3. The van der Waals surface area contributed by atoms with E-state index in [1.54, 1.807) is 0 Å². The van der Waals surface area contributed by atoms with Gasteiger partial charge in [-0.15, -0.1) is 0 Å². The fourth-order valence-electron chi connectivity index (χ4n) is 1.82. The van der Waals surface area contributed by atoms with Crippen LogP contribution in [0.5, 0.6) is 0 Å². The van der Waals surface area contributed by atoms with Crippen LogP contribution in [0.3, 0.4) is 0 Å². The van der Waals surface area contributed by atoms with Crippen LogP contribution in [-0.4, -0.2) is 68.6 Å². The van der Waals surface area contributed by atoms with Gasteiger partial charge in [0.1, 0.15) is 0 Å². The van der Waals surface area contributed by atoms with Crippen LogP contribution < -0.4 is 31.6 Å². The van der Waals surface area contributed by atoms with E-state index in [4.69, 9.17) is 14.5 Å². The molecule has 0 fully saturated rings. The number of carbonyl (C=O) groups excluding carboxylic acids is 3. The van der Waals surface area contributed by atoms with Crippen molar-refractivity contribution >= 4 is 55.2 Å². The third-order valence-corrected chi connectivity index (χ3v) is 3.95. The summed E-state index contributed by atoms with van der Waals surface area (Å²) in [5.41, 5.74) is -4.20. The molecule has 0 saturated heterocycles. The van der Waals surface area contributed by atoms with E-state index in [9.17, 15) is 28.8 Å². The lowest BCUT2D eigenvalue weighted by molar-refractivity contribution is -0.126. The van der Waals surface area contributed by atoms with Crippen molar-refractivity contribution < 1.29 is 28.9 Å². The molecule has 0 N–H and O–H groups in total. The molecule has 0 spiro atoms. The lowest BCUT2D eigenvalue weighted by Crippen LogP contribution is -2.60. The highest BCUT2D eigenvalue weighted by atomic mass is 32.1. The molecular weight excluding hydrogens is 462 g/mol. The number of rotatable bonds is 15. The molecule has 30 heavy (non-hydrogen) atoms. The van der Waals surface area contributed by atoms with Gasteiger partial charge in [-0.1, -0.05) is 14.2 Å². The van der Waals surface area contributed by atoms with Crippen LogP contribution in [0.15, 0.2) is 14.4 Å². The fraction of sp³-hybridized carbons (Fsp3) is 0.600. The largest absolute Gasteiger partial charge is 0.403 e. The molecule has 0 aliphatic rings. The van der Waals surface area contributed by atoms with Crippen molar-refractivity contribution in [2.75, 3.05) is 37.1 Å². The van der Waals surface area contributed by atoms with Crippen LogP contribution >= 0.6 is 37.9 Å². The number of carbonyl (C=O) groups is 3. The summed E-state index contributed by atoms with van der Waals surface area (Å²) in [5, 5.41) is 0. The number of nitrogens with zero attached hydrogens (tertiary/aromatic N) is 3. The molecular formula is C15H21N3O9S3. The number of Topliss-reactive ketones (excluding diaryl/α,β-unsaturated/α-hetero) is 3. The molecule has 0 aliphatic heterocycles. The van der Waals surface area contributed by atoms with E-state index in [-0.39, 0.29) is 50.7 Å². The Morgan fingerprint density at radius 1 is 0.567 bits per heavy atom. The van der Waals surface area contributed by atoms with Crippen LogP contribution in [0.25, 0.3) is 0 Å². The molecule has 12 nitrogen and oxygen atoms in total. The van der Waals surface area contributed by atoms with Gasteiger partial charge < -0.3 is 14.5 Å². The summed E-state index contributed by atoms with van der Waals surface area (Å²) in [7, 11) is 0. The maximum atomic E-state index is 12.4. The highest BCUT2D eigenvalue weighted by Crippen LogP contribution is 1.88. The van der Waals surface area contributed by atoms with Crippen molar-refractivity contribution in [3.63, 3.8) is 0 Å². The Balaban J connectivity index is 3.30. The first kappa shape index (κ1) is 25.9. The van der Waals surface area contributed by atoms with Crippen LogP contribution in [0.2, 0.25) is 0 Å². The summed E-state index contributed by atoms with van der Waals surface area (Å²) in [6.07, 6.45) is 0.0272. The molecule has 0 bridgehead atoms. The van der Waals surface area contributed by atoms with Crippen molar-refractivity contribution in [2.45, 2.75) is 19.3 Å². The van der Waals surface area contributed by atoms with Crippen molar-refractivity contribution in [1.29, 1.82) is 0 Å². The lowest BCUT2D eigenvalue weighted by atomic mass is 10.3. The summed E-state index contributed by atoms with van der Waals surface area (Å²) >= 11 is 11.7. The molecule has 1 aromatic heterocycles. The van der Waals surface area contributed by atoms with Gasteiger partial charge in [0.15, 0.2) is 37.2 Å². The van der Waals surface area contributed by atoms with Gasteiger partial charge in [-0.3, -0.25) is 14.4 Å². The van der Waals surface area contributed by atoms with Gasteiger partial charge in [0.05, 0.1) is 0 Å². The number of aromatic nitrogens is 3. The minimum Gasteiger partial charge on any atom is -0.397 e. The van der Waals surface area contributed by atoms with Gasteiger partial charge in [0, 0.05) is 19.3 Å². The maximum absolute atomic E-state index is 12.4. The second kappa shape index (κ2) is 13.2. The quantitative estimate of drug-likeness (QED) is 0.224. The second-order valence-electron chi connectivity index (χ2n) is 5.59. The van der Waals surface area contributed by atoms with Crippen LogP contribution in [0.4, 0.5) is 0 Å². The Bertz CT molecular complexity index is 789. The molecule has 0 unspecified atom stereocenters. The predicted octanol–water partition coefficient (Wildman–Crippen LogP) is -2.88. The van der Waals surface area contributed by atoms with Crippen LogP contribution in [-0.2, 0) is 14.4 Å². The van der Waals surface area contributed by atoms with Gasteiger partial charge >= 0.3 is 17.1 Å². The van der Waals surface area contributed by atoms with Crippen LogP contribution in [0, 0.1) is 0 Å². The fourth-order valence-corrected chi connectivity index (χ4v) is 2.57. The van der Waals surface area contributed by atoms with Gasteiger partial charge in [0.25, 0.3) is 0 Å². The zero-order valence-electron chi connectivity index (χ0n) is 15.7. The first-order valence-corrected chi connectivity index (χ1v) is 10.4. The third-order valence-electron chi connectivity index (χ3n) is 3.28. The van der Waals surface area contributed by atoms with E-state index in [1.165, 1.54) is 0 Å². The molecule has 0 atom stereocenters. The average Bonchev–Trinajstić information content (AvgIpc) is 2.68. The van der Waals surface area contributed by atoms with Crippen molar-refractivity contribution in [2.24, 2.45) is 0 Å². The number of hydrogen-bond acceptors (Lipinski definition) is 12. The molecule has 0 radical (unpaired) electrons. The highest BCUT2D eigenvalue weighted by Gasteiger charge is 2.21. The van der Waals surface area contributed by atoms with E-state index >= 15 is 0 Å². The van der Waals surface area contributed by atoms with Gasteiger partial charge in [-0.05, 0) is 17.3 Å². The minimum atomic E-state index is -1.40. The van der Waals surface area contributed by atoms with Crippen LogP contribution in [0.1, 0.15) is 19.3 Å². The zero-order chi connectivity index (χ0) is 22.7. The Morgan fingerprint density at radius 2 is 0.800 bits per heavy atom. The average molecular weight is 484 g/mol.